The van der Waals surface area contributed by atoms with Crippen LogP contribution in [0.4, 0.5) is 0 Å². The van der Waals surface area contributed by atoms with Crippen molar-refractivity contribution in [3.8, 4) is 5.75 Å². The zero-order valence-electron chi connectivity index (χ0n) is 17.6. The molecule has 0 aromatic heterocycles. The predicted octanol–water partition coefficient (Wildman–Crippen LogP) is 4.73. The molecule has 1 atom stereocenters. The van der Waals surface area contributed by atoms with Crippen molar-refractivity contribution in [2.75, 3.05) is 6.61 Å². The van der Waals surface area contributed by atoms with Crippen molar-refractivity contribution >= 4 is 17.7 Å². The lowest BCUT2D eigenvalue weighted by molar-refractivity contribution is -0.137. The Balaban J connectivity index is 2.58. The number of aliphatic imine (C=N–C) groups is 2. The molecule has 0 N–H and O–H groups in total. The molecule has 146 valence electrons. The first kappa shape index (κ1) is 20.9. The number of aryl methyl sites for hydroxylation is 3. The topological polar surface area (TPSA) is 60.2 Å². The van der Waals surface area contributed by atoms with E-state index in [4.69, 9.17) is 9.47 Å². The SMILES string of the molecule is CCOC(=O)C1=C[C@@H](C)N=C(C(C)(C)C)N=C1Oc1c(C)cc(C)cc1C. The third kappa shape index (κ3) is 5.06. The fraction of sp³-hybridized carbons (Fsp3) is 0.500. The van der Waals surface area contributed by atoms with Gasteiger partial charge in [-0.25, -0.2) is 4.79 Å². The van der Waals surface area contributed by atoms with Crippen molar-refractivity contribution in [3.63, 3.8) is 0 Å². The van der Waals surface area contributed by atoms with Gasteiger partial charge in [0.1, 0.15) is 17.2 Å². The molecule has 1 aliphatic rings. The van der Waals surface area contributed by atoms with Gasteiger partial charge >= 0.3 is 5.97 Å². The second-order valence-electron chi connectivity index (χ2n) is 7.99. The van der Waals surface area contributed by atoms with Crippen molar-refractivity contribution in [1.29, 1.82) is 0 Å². The van der Waals surface area contributed by atoms with E-state index in [2.05, 4.69) is 22.1 Å². The molecule has 0 aliphatic carbocycles. The van der Waals surface area contributed by atoms with Gasteiger partial charge in [0.15, 0.2) is 0 Å². The molecule has 5 nitrogen and oxygen atoms in total. The summed E-state index contributed by atoms with van der Waals surface area (Å²) in [5.41, 5.74) is 3.17. The summed E-state index contributed by atoms with van der Waals surface area (Å²) in [7, 11) is 0. The van der Waals surface area contributed by atoms with Crippen LogP contribution in [0.3, 0.4) is 0 Å². The van der Waals surface area contributed by atoms with E-state index >= 15 is 0 Å². The van der Waals surface area contributed by atoms with E-state index in [1.165, 1.54) is 0 Å². The zero-order chi connectivity index (χ0) is 20.4. The molecule has 1 heterocycles. The van der Waals surface area contributed by atoms with Crippen molar-refractivity contribution < 1.29 is 14.3 Å². The Morgan fingerprint density at radius 2 is 1.74 bits per heavy atom. The van der Waals surface area contributed by atoms with Crippen molar-refractivity contribution in [2.45, 2.75) is 61.4 Å². The first-order chi connectivity index (χ1) is 12.5. The van der Waals surface area contributed by atoms with E-state index in [9.17, 15) is 4.79 Å². The Morgan fingerprint density at radius 3 is 2.26 bits per heavy atom. The quantitative estimate of drug-likeness (QED) is 0.723. The smallest absolute Gasteiger partial charge is 0.343 e. The molecule has 1 aromatic carbocycles. The lowest BCUT2D eigenvalue weighted by Crippen LogP contribution is -2.25. The fourth-order valence-corrected chi connectivity index (χ4v) is 2.96. The molecule has 1 aliphatic heterocycles. The zero-order valence-corrected chi connectivity index (χ0v) is 17.6. The number of benzene rings is 1. The Morgan fingerprint density at radius 1 is 1.15 bits per heavy atom. The Kier molecular flexibility index (Phi) is 6.24. The summed E-state index contributed by atoms with van der Waals surface area (Å²) in [6, 6.07) is 3.90. The van der Waals surface area contributed by atoms with E-state index in [-0.39, 0.29) is 24.0 Å². The maximum atomic E-state index is 12.6. The second kappa shape index (κ2) is 8.07. The van der Waals surface area contributed by atoms with Crippen LogP contribution in [-0.2, 0) is 9.53 Å². The summed E-state index contributed by atoms with van der Waals surface area (Å²) in [5, 5.41) is 0. The molecule has 0 radical (unpaired) electrons. The number of carbonyl (C=O) groups is 1. The molecule has 5 heteroatoms. The van der Waals surface area contributed by atoms with E-state index < -0.39 is 5.97 Å². The highest BCUT2D eigenvalue weighted by Crippen LogP contribution is 2.28. The Hall–Kier alpha value is -2.43. The van der Waals surface area contributed by atoms with Crippen LogP contribution in [0.5, 0.6) is 5.75 Å². The average molecular weight is 370 g/mol. The number of carbonyl (C=O) groups excluding carboxylic acids is 1. The number of amidine groups is 1. The predicted molar refractivity (Wildman–Crippen MR) is 110 cm³/mol. The molecule has 2 rings (SSSR count). The lowest BCUT2D eigenvalue weighted by atomic mass is 9.95. The minimum absolute atomic E-state index is 0.205. The number of rotatable bonds is 3. The van der Waals surface area contributed by atoms with E-state index in [1.54, 1.807) is 13.0 Å². The molecule has 0 amide bonds. The number of nitrogens with zero attached hydrogens (tertiary/aromatic N) is 2. The molecule has 0 spiro atoms. The van der Waals surface area contributed by atoms with Crippen molar-refractivity contribution in [1.82, 2.24) is 0 Å². The van der Waals surface area contributed by atoms with Gasteiger partial charge in [0.05, 0.1) is 12.6 Å². The van der Waals surface area contributed by atoms with Gasteiger partial charge < -0.3 is 9.47 Å². The number of ether oxygens (including phenoxy) is 2. The van der Waals surface area contributed by atoms with Gasteiger partial charge in [-0.2, -0.15) is 4.99 Å². The first-order valence-corrected chi connectivity index (χ1v) is 9.35. The number of esters is 1. The summed E-state index contributed by atoms with van der Waals surface area (Å²) in [6.07, 6.45) is 1.76. The van der Waals surface area contributed by atoms with Crippen molar-refractivity contribution in [2.24, 2.45) is 15.4 Å². The molecule has 0 bridgehead atoms. The van der Waals surface area contributed by atoms with Crippen LogP contribution in [-0.4, -0.2) is 30.4 Å². The second-order valence-corrected chi connectivity index (χ2v) is 7.99. The molecule has 0 saturated heterocycles. The van der Waals surface area contributed by atoms with Gasteiger partial charge in [-0.3, -0.25) is 4.99 Å². The minimum Gasteiger partial charge on any atom is -0.462 e. The summed E-state index contributed by atoms with van der Waals surface area (Å²) in [6.45, 7) is 16.1. The van der Waals surface area contributed by atoms with E-state index in [1.807, 2.05) is 48.5 Å². The maximum absolute atomic E-state index is 12.6. The fourth-order valence-electron chi connectivity index (χ4n) is 2.96. The van der Waals surface area contributed by atoms with Gasteiger partial charge in [-0.15, -0.1) is 0 Å². The van der Waals surface area contributed by atoms with Crippen molar-refractivity contribution in [3.05, 3.63) is 40.5 Å². The standard InChI is InChI=1S/C22H30N2O3/c1-9-26-20(25)17-12-16(5)23-21(22(6,7)8)24-19(17)27-18-14(3)10-13(2)11-15(18)4/h10-12,16H,9H2,1-8H3/t16-/m1/s1. The largest absolute Gasteiger partial charge is 0.462 e. The van der Waals surface area contributed by atoms with Crippen LogP contribution >= 0.6 is 0 Å². The van der Waals surface area contributed by atoms with Crippen LogP contribution in [0.15, 0.2) is 33.8 Å². The highest BCUT2D eigenvalue weighted by molar-refractivity contribution is 6.20. The maximum Gasteiger partial charge on any atom is 0.343 e. The molecule has 1 aromatic rings. The van der Waals surface area contributed by atoms with Gasteiger partial charge in [0.25, 0.3) is 0 Å². The van der Waals surface area contributed by atoms with E-state index in [0.29, 0.717) is 17.2 Å². The third-order valence-electron chi connectivity index (χ3n) is 4.14. The summed E-state index contributed by atoms with van der Waals surface area (Å²) in [5.74, 6) is 1.14. The first-order valence-electron chi connectivity index (χ1n) is 9.35. The molecular weight excluding hydrogens is 340 g/mol. The Labute approximate surface area is 162 Å². The number of hydrogen-bond donors (Lipinski definition) is 0. The highest BCUT2D eigenvalue weighted by atomic mass is 16.5. The van der Waals surface area contributed by atoms with Gasteiger partial charge in [-0.1, -0.05) is 38.5 Å². The highest BCUT2D eigenvalue weighted by Gasteiger charge is 2.29. The van der Waals surface area contributed by atoms with Gasteiger partial charge in [0, 0.05) is 5.41 Å². The summed E-state index contributed by atoms with van der Waals surface area (Å²) < 4.78 is 11.4. The molecule has 0 saturated carbocycles. The summed E-state index contributed by atoms with van der Waals surface area (Å²) >= 11 is 0. The van der Waals surface area contributed by atoms with Crippen LogP contribution in [0.25, 0.3) is 0 Å². The molecule has 0 fully saturated rings. The lowest BCUT2D eigenvalue weighted by Gasteiger charge is -2.19. The van der Waals surface area contributed by atoms with Crippen LogP contribution in [0.2, 0.25) is 0 Å². The normalized spacial score (nSPS) is 17.5. The van der Waals surface area contributed by atoms with Gasteiger partial charge in [0.2, 0.25) is 5.90 Å². The molecular formula is C22H30N2O3. The monoisotopic (exact) mass is 370 g/mol. The van der Waals surface area contributed by atoms with Crippen LogP contribution in [0.1, 0.15) is 51.3 Å². The third-order valence-corrected chi connectivity index (χ3v) is 4.14. The van der Waals surface area contributed by atoms with Crippen LogP contribution in [0, 0.1) is 26.2 Å². The van der Waals surface area contributed by atoms with Crippen LogP contribution < -0.4 is 4.74 Å². The number of hydrogen-bond acceptors (Lipinski definition) is 5. The molecule has 0 unspecified atom stereocenters. The Bertz CT molecular complexity index is 803. The average Bonchev–Trinajstić information content (AvgIpc) is 2.70. The van der Waals surface area contributed by atoms with E-state index in [0.717, 1.165) is 16.7 Å². The minimum atomic E-state index is -0.448. The molecule has 27 heavy (non-hydrogen) atoms. The van der Waals surface area contributed by atoms with Gasteiger partial charge in [-0.05, 0) is 51.8 Å². The summed E-state index contributed by atoms with van der Waals surface area (Å²) in [4.78, 5) is 21.9.